The fraction of sp³-hybridized carbons (Fsp3) is 0.458. The van der Waals surface area contributed by atoms with Crippen molar-refractivity contribution in [3.63, 3.8) is 0 Å². The number of nitrogens with one attached hydrogen (secondary N) is 1. The Bertz CT molecular complexity index is 1310. The van der Waals surface area contributed by atoms with Gasteiger partial charge in [0.2, 0.25) is 5.91 Å². The summed E-state index contributed by atoms with van der Waals surface area (Å²) < 4.78 is 1.86. The number of aromatic nitrogens is 4. The normalized spacial score (nSPS) is 16.0. The number of hydrogen-bond acceptors (Lipinski definition) is 5. The minimum Gasteiger partial charge on any atom is -0.369 e. The van der Waals surface area contributed by atoms with Gasteiger partial charge in [-0.15, -0.1) is 11.3 Å². The first kappa shape index (κ1) is 21.2. The molecular weight excluding hydrogens is 420 g/mol. The number of thiophene rings is 1. The number of nitrogens with zero attached hydrogens (tertiary/aromatic N) is 4. The third-order valence-corrected chi connectivity index (χ3v) is 8.09. The molecule has 5 rings (SSSR count). The second kappa shape index (κ2) is 8.01. The van der Waals surface area contributed by atoms with Gasteiger partial charge < -0.3 is 10.7 Å². The van der Waals surface area contributed by atoms with Crippen LogP contribution in [0.25, 0.3) is 27.1 Å². The summed E-state index contributed by atoms with van der Waals surface area (Å²) in [5.41, 5.74) is 12.5. The number of pyridine rings is 1. The Morgan fingerprint density at radius 1 is 1.31 bits per heavy atom. The summed E-state index contributed by atoms with van der Waals surface area (Å²) >= 11 is 1.90. The number of H-pyrrole nitrogens is 1. The molecule has 3 N–H and O–H groups in total. The molecule has 0 bridgehead atoms. The van der Waals surface area contributed by atoms with Crippen molar-refractivity contribution in [3.05, 3.63) is 40.2 Å². The summed E-state index contributed by atoms with van der Waals surface area (Å²) in [6.45, 7) is 11.1. The number of fused-ring (bicyclic) bond motifs is 2. The van der Waals surface area contributed by atoms with Gasteiger partial charge in [0.1, 0.15) is 11.2 Å². The fourth-order valence-electron chi connectivity index (χ4n) is 5.25. The lowest BCUT2D eigenvalue weighted by atomic mass is 9.90. The second-order valence-corrected chi connectivity index (χ2v) is 10.4. The molecule has 0 saturated carbocycles. The van der Waals surface area contributed by atoms with Gasteiger partial charge in [0.15, 0.2) is 5.65 Å². The van der Waals surface area contributed by atoms with Crippen molar-refractivity contribution in [2.45, 2.75) is 52.4 Å². The van der Waals surface area contributed by atoms with Crippen molar-refractivity contribution in [2.75, 3.05) is 19.6 Å². The third-order valence-electron chi connectivity index (χ3n) is 6.72. The molecule has 4 aromatic rings. The molecule has 1 fully saturated rings. The molecule has 8 heteroatoms. The molecular formula is C24H30N6OS. The zero-order valence-corrected chi connectivity index (χ0v) is 19.9. The van der Waals surface area contributed by atoms with E-state index in [1.807, 2.05) is 15.9 Å². The first-order valence-electron chi connectivity index (χ1n) is 11.3. The Hall–Kier alpha value is -2.71. The average Bonchev–Trinajstić information content (AvgIpc) is 3.43. The molecule has 0 radical (unpaired) electrons. The summed E-state index contributed by atoms with van der Waals surface area (Å²) in [4.78, 5) is 24.3. The Morgan fingerprint density at radius 3 is 2.75 bits per heavy atom. The first-order chi connectivity index (χ1) is 15.3. The van der Waals surface area contributed by atoms with Crippen LogP contribution in [-0.2, 0) is 4.79 Å². The van der Waals surface area contributed by atoms with E-state index in [2.05, 4.69) is 59.9 Å². The highest BCUT2D eigenvalue weighted by atomic mass is 32.1. The molecule has 0 aliphatic carbocycles. The van der Waals surface area contributed by atoms with Crippen LogP contribution in [0.15, 0.2) is 18.6 Å². The third kappa shape index (κ3) is 3.51. The molecule has 0 aromatic carbocycles. The topological polar surface area (TPSA) is 92.3 Å². The SMILES string of the molecule is Cc1c(C2CCN(CC(N)=O)CC2)sc2[nH]c(-c3cc(C)c4ncnn4c3)c(C(C)C)c12. The van der Waals surface area contributed by atoms with E-state index in [4.69, 9.17) is 5.73 Å². The number of aromatic amines is 1. The zero-order chi connectivity index (χ0) is 22.6. The van der Waals surface area contributed by atoms with Crippen LogP contribution in [0.1, 0.15) is 60.1 Å². The number of rotatable bonds is 5. The van der Waals surface area contributed by atoms with Crippen LogP contribution in [-0.4, -0.2) is 50.0 Å². The number of piperidine rings is 1. The van der Waals surface area contributed by atoms with Gasteiger partial charge in [0.25, 0.3) is 0 Å². The number of primary amides is 1. The molecule has 7 nitrogen and oxygen atoms in total. The Morgan fingerprint density at radius 2 is 2.06 bits per heavy atom. The van der Waals surface area contributed by atoms with Gasteiger partial charge in [0.05, 0.1) is 12.2 Å². The van der Waals surface area contributed by atoms with Gasteiger partial charge >= 0.3 is 0 Å². The van der Waals surface area contributed by atoms with E-state index in [9.17, 15) is 4.79 Å². The van der Waals surface area contributed by atoms with Gasteiger partial charge in [-0.05, 0) is 74.4 Å². The Balaban J connectivity index is 1.54. The van der Waals surface area contributed by atoms with Crippen LogP contribution >= 0.6 is 11.3 Å². The summed E-state index contributed by atoms with van der Waals surface area (Å²) in [7, 11) is 0. The van der Waals surface area contributed by atoms with Gasteiger partial charge in [-0.25, -0.2) is 9.50 Å². The molecule has 1 amide bonds. The van der Waals surface area contributed by atoms with Crippen LogP contribution < -0.4 is 5.73 Å². The predicted molar refractivity (Wildman–Crippen MR) is 129 cm³/mol. The maximum atomic E-state index is 11.3. The minimum absolute atomic E-state index is 0.238. The molecule has 0 spiro atoms. The molecule has 4 aromatic heterocycles. The molecule has 0 atom stereocenters. The van der Waals surface area contributed by atoms with E-state index in [1.54, 1.807) is 6.33 Å². The summed E-state index contributed by atoms with van der Waals surface area (Å²) in [5, 5.41) is 5.74. The van der Waals surface area contributed by atoms with Crippen molar-refractivity contribution < 1.29 is 4.79 Å². The molecule has 0 unspecified atom stereocenters. The molecule has 5 heterocycles. The number of amides is 1. The number of hydrogen-bond donors (Lipinski definition) is 2. The van der Waals surface area contributed by atoms with Crippen LogP contribution in [0, 0.1) is 13.8 Å². The van der Waals surface area contributed by atoms with Gasteiger partial charge in [-0.1, -0.05) is 13.8 Å². The predicted octanol–water partition coefficient (Wildman–Crippen LogP) is 4.34. The zero-order valence-electron chi connectivity index (χ0n) is 19.1. The lowest BCUT2D eigenvalue weighted by Gasteiger charge is -2.31. The number of nitrogens with two attached hydrogens (primary N) is 1. The van der Waals surface area contributed by atoms with Crippen molar-refractivity contribution in [1.29, 1.82) is 0 Å². The van der Waals surface area contributed by atoms with Crippen LogP contribution in [0.2, 0.25) is 0 Å². The standard InChI is InChI=1S/C24H30N6OS/c1-13(2)19-20-15(4)22(16-5-7-29(8-6-16)11-18(25)31)32-24(20)28-21(19)17-9-14(3)23-26-12-27-30(23)10-17/h9-10,12-13,16,28H,5-8,11H2,1-4H3,(H2,25,31). The van der Waals surface area contributed by atoms with Crippen molar-refractivity contribution in [2.24, 2.45) is 5.73 Å². The minimum atomic E-state index is -0.238. The number of carbonyl (C=O) groups excluding carboxylic acids is 1. The molecule has 32 heavy (non-hydrogen) atoms. The van der Waals surface area contributed by atoms with Crippen LogP contribution in [0.4, 0.5) is 0 Å². The number of aryl methyl sites for hydroxylation is 2. The lowest BCUT2D eigenvalue weighted by Crippen LogP contribution is -2.39. The van der Waals surface area contributed by atoms with Crippen molar-refractivity contribution in [1.82, 2.24) is 24.5 Å². The van der Waals surface area contributed by atoms with Gasteiger partial charge in [-0.3, -0.25) is 9.69 Å². The highest BCUT2D eigenvalue weighted by molar-refractivity contribution is 7.19. The van der Waals surface area contributed by atoms with Crippen LogP contribution in [0.5, 0.6) is 0 Å². The van der Waals surface area contributed by atoms with E-state index < -0.39 is 0 Å². The van der Waals surface area contributed by atoms with Crippen LogP contribution in [0.3, 0.4) is 0 Å². The quantitative estimate of drug-likeness (QED) is 0.473. The number of carbonyl (C=O) groups is 1. The molecule has 1 aliphatic heterocycles. The lowest BCUT2D eigenvalue weighted by molar-refractivity contribution is -0.119. The summed E-state index contributed by atoms with van der Waals surface area (Å²) in [6.07, 6.45) is 5.82. The first-order valence-corrected chi connectivity index (χ1v) is 12.1. The monoisotopic (exact) mass is 450 g/mol. The number of likely N-dealkylation sites (tertiary alicyclic amines) is 1. The van der Waals surface area contributed by atoms with E-state index in [0.29, 0.717) is 18.4 Å². The van der Waals surface area contributed by atoms with Crippen molar-refractivity contribution >= 4 is 33.1 Å². The Kier molecular flexibility index (Phi) is 5.29. The highest BCUT2D eigenvalue weighted by Gasteiger charge is 2.28. The fourth-order valence-corrected chi connectivity index (χ4v) is 6.64. The van der Waals surface area contributed by atoms with E-state index in [1.165, 1.54) is 31.9 Å². The maximum absolute atomic E-state index is 11.3. The maximum Gasteiger partial charge on any atom is 0.231 e. The largest absolute Gasteiger partial charge is 0.369 e. The second-order valence-electron chi connectivity index (χ2n) is 9.32. The van der Waals surface area contributed by atoms with Gasteiger partial charge in [0, 0.05) is 22.0 Å². The summed E-state index contributed by atoms with van der Waals surface area (Å²) in [5.74, 6) is 0.698. The van der Waals surface area contributed by atoms with E-state index >= 15 is 0 Å². The van der Waals surface area contributed by atoms with Crippen molar-refractivity contribution in [3.8, 4) is 11.3 Å². The Labute approximate surface area is 191 Å². The molecule has 1 saturated heterocycles. The smallest absolute Gasteiger partial charge is 0.231 e. The summed E-state index contributed by atoms with van der Waals surface area (Å²) in [6, 6.07) is 2.20. The highest BCUT2D eigenvalue weighted by Crippen LogP contribution is 2.45. The van der Waals surface area contributed by atoms with E-state index in [-0.39, 0.29) is 5.91 Å². The average molecular weight is 451 g/mol. The molecule has 168 valence electrons. The van der Waals surface area contributed by atoms with E-state index in [0.717, 1.165) is 42.7 Å². The molecule has 1 aliphatic rings. The van der Waals surface area contributed by atoms with Gasteiger partial charge in [-0.2, -0.15) is 5.10 Å².